The van der Waals surface area contributed by atoms with Crippen molar-refractivity contribution in [3.8, 4) is 11.3 Å². The van der Waals surface area contributed by atoms with Crippen molar-refractivity contribution >= 4 is 23.1 Å². The zero-order valence-electron chi connectivity index (χ0n) is 16.0. The van der Waals surface area contributed by atoms with Crippen LogP contribution < -0.4 is 10.6 Å². The molecule has 1 saturated heterocycles. The van der Waals surface area contributed by atoms with Crippen molar-refractivity contribution < 1.29 is 4.79 Å². The Morgan fingerprint density at radius 1 is 1.35 bits per heavy atom. The van der Waals surface area contributed by atoms with Gasteiger partial charge >= 0.3 is 6.03 Å². The van der Waals surface area contributed by atoms with Gasteiger partial charge in [0.2, 0.25) is 0 Å². The second kappa shape index (κ2) is 7.76. The van der Waals surface area contributed by atoms with Crippen LogP contribution >= 0.6 is 11.3 Å². The van der Waals surface area contributed by atoms with Gasteiger partial charge in [-0.25, -0.2) is 9.78 Å². The Morgan fingerprint density at radius 2 is 2.12 bits per heavy atom. The van der Waals surface area contributed by atoms with E-state index < -0.39 is 0 Å². The Labute approximate surface area is 159 Å². The summed E-state index contributed by atoms with van der Waals surface area (Å²) in [4.78, 5) is 19.4. The number of nitrogens with one attached hydrogen (secondary N) is 2. The molecule has 1 aliphatic rings. The Morgan fingerprint density at radius 3 is 2.77 bits per heavy atom. The third kappa shape index (κ3) is 4.62. The molecule has 140 valence electrons. The Bertz CT molecular complexity index is 765. The maximum atomic E-state index is 12.4. The molecule has 1 aromatic heterocycles. The van der Waals surface area contributed by atoms with Crippen molar-refractivity contribution in [1.29, 1.82) is 0 Å². The molecule has 26 heavy (non-hydrogen) atoms. The molecule has 1 unspecified atom stereocenters. The number of carbonyl (C=O) groups excluding carboxylic acids is 1. The fourth-order valence-electron chi connectivity index (χ4n) is 3.31. The molecule has 1 aliphatic heterocycles. The van der Waals surface area contributed by atoms with Gasteiger partial charge in [0.1, 0.15) is 0 Å². The number of hydrogen-bond donors (Lipinski definition) is 2. The Balaban J connectivity index is 1.56. The molecule has 2 heterocycles. The molecule has 1 aromatic carbocycles. The van der Waals surface area contributed by atoms with Gasteiger partial charge in [-0.2, -0.15) is 0 Å². The first-order valence-corrected chi connectivity index (χ1v) is 10.0. The van der Waals surface area contributed by atoms with Crippen molar-refractivity contribution in [1.82, 2.24) is 15.2 Å². The third-order valence-corrected chi connectivity index (χ3v) is 5.63. The largest absolute Gasteiger partial charge is 0.338 e. The number of urea groups is 1. The molecule has 5 nitrogen and oxygen atoms in total. The number of likely N-dealkylation sites (tertiary alicyclic amines) is 1. The molecule has 0 aliphatic carbocycles. The van der Waals surface area contributed by atoms with Crippen molar-refractivity contribution in [2.45, 2.75) is 39.7 Å². The normalized spacial score (nSPS) is 18.1. The molecule has 3 rings (SSSR count). The highest BCUT2D eigenvalue weighted by Crippen LogP contribution is 2.29. The lowest BCUT2D eigenvalue weighted by Gasteiger charge is -2.31. The minimum absolute atomic E-state index is 0.154. The first-order chi connectivity index (χ1) is 12.3. The maximum Gasteiger partial charge on any atom is 0.319 e. The second-order valence-electron chi connectivity index (χ2n) is 7.90. The van der Waals surface area contributed by atoms with Gasteiger partial charge in [0.05, 0.1) is 16.4 Å². The predicted octanol–water partition coefficient (Wildman–Crippen LogP) is 4.36. The molecule has 2 amide bonds. The molecule has 0 radical (unpaired) electrons. The lowest BCUT2D eigenvalue weighted by atomic mass is 10.1. The monoisotopic (exact) mass is 372 g/mol. The first kappa shape index (κ1) is 18.9. The van der Waals surface area contributed by atoms with Gasteiger partial charge in [0.15, 0.2) is 0 Å². The number of aryl methyl sites for hydroxylation is 1. The molecule has 0 saturated carbocycles. The number of anilines is 1. The van der Waals surface area contributed by atoms with E-state index in [1.165, 1.54) is 0 Å². The lowest BCUT2D eigenvalue weighted by Crippen LogP contribution is -2.40. The molecular formula is C20H28N4OS. The summed E-state index contributed by atoms with van der Waals surface area (Å²) in [5.74, 6) is 0.511. The summed E-state index contributed by atoms with van der Waals surface area (Å²) >= 11 is 1.61. The number of thiazole rings is 1. The lowest BCUT2D eigenvalue weighted by molar-refractivity contribution is 0.168. The average molecular weight is 373 g/mol. The van der Waals surface area contributed by atoms with Gasteiger partial charge in [0.25, 0.3) is 0 Å². The SMILES string of the molecule is Cc1nc(-c2ccccc2NC(=O)NCC2CCN(C(C)(C)C)C2)cs1. The summed E-state index contributed by atoms with van der Waals surface area (Å²) in [5, 5.41) is 9.06. The molecular weight excluding hydrogens is 344 g/mol. The van der Waals surface area contributed by atoms with Crippen LogP contribution in [-0.4, -0.2) is 41.1 Å². The van der Waals surface area contributed by atoms with Crippen molar-refractivity contribution in [3.63, 3.8) is 0 Å². The van der Waals surface area contributed by atoms with Gasteiger partial charge in [0, 0.05) is 29.6 Å². The van der Waals surface area contributed by atoms with Gasteiger partial charge in [-0.3, -0.25) is 4.90 Å². The highest BCUT2D eigenvalue weighted by molar-refractivity contribution is 7.09. The molecule has 2 aromatic rings. The van der Waals surface area contributed by atoms with E-state index in [4.69, 9.17) is 0 Å². The smallest absolute Gasteiger partial charge is 0.319 e. The zero-order chi connectivity index (χ0) is 18.7. The highest BCUT2D eigenvalue weighted by Gasteiger charge is 2.30. The minimum atomic E-state index is -0.154. The van der Waals surface area contributed by atoms with E-state index in [-0.39, 0.29) is 11.6 Å². The number of amides is 2. The third-order valence-electron chi connectivity index (χ3n) is 4.86. The van der Waals surface area contributed by atoms with E-state index in [0.29, 0.717) is 12.5 Å². The fraction of sp³-hybridized carbons (Fsp3) is 0.500. The van der Waals surface area contributed by atoms with E-state index in [9.17, 15) is 4.79 Å². The standard InChI is InChI=1S/C20H28N4OS/c1-14-22-18(13-26-14)16-7-5-6-8-17(16)23-19(25)21-11-15-9-10-24(12-15)20(2,3)4/h5-8,13,15H,9-12H2,1-4H3,(H2,21,23,25). The van der Waals surface area contributed by atoms with Crippen molar-refractivity contribution in [2.24, 2.45) is 5.92 Å². The Kier molecular flexibility index (Phi) is 5.63. The summed E-state index contributed by atoms with van der Waals surface area (Å²) in [7, 11) is 0. The molecule has 0 spiro atoms. The van der Waals surface area contributed by atoms with Crippen LogP contribution in [-0.2, 0) is 0 Å². The number of benzene rings is 1. The molecule has 0 bridgehead atoms. The van der Waals surface area contributed by atoms with Gasteiger partial charge < -0.3 is 10.6 Å². The maximum absolute atomic E-state index is 12.4. The van der Waals surface area contributed by atoms with Crippen molar-refractivity contribution in [3.05, 3.63) is 34.7 Å². The predicted molar refractivity (Wildman–Crippen MR) is 109 cm³/mol. The summed E-state index contributed by atoms with van der Waals surface area (Å²) in [6.45, 7) is 11.6. The number of hydrogen-bond acceptors (Lipinski definition) is 4. The van der Waals surface area contributed by atoms with Gasteiger partial charge in [-0.05, 0) is 52.6 Å². The van der Waals surface area contributed by atoms with E-state index in [2.05, 4.69) is 41.3 Å². The van der Waals surface area contributed by atoms with Crippen molar-refractivity contribution in [2.75, 3.05) is 25.0 Å². The number of para-hydroxylation sites is 1. The van der Waals surface area contributed by atoms with E-state index in [1.54, 1.807) is 11.3 Å². The minimum Gasteiger partial charge on any atom is -0.338 e. The molecule has 1 fully saturated rings. The van der Waals surface area contributed by atoms with Crippen LogP contribution in [0.4, 0.5) is 10.5 Å². The van der Waals surface area contributed by atoms with Crippen LogP contribution in [0.1, 0.15) is 32.2 Å². The fourth-order valence-corrected chi connectivity index (χ4v) is 3.93. The van der Waals surface area contributed by atoms with Crippen LogP contribution in [0.3, 0.4) is 0 Å². The summed E-state index contributed by atoms with van der Waals surface area (Å²) in [6.07, 6.45) is 1.13. The summed E-state index contributed by atoms with van der Waals surface area (Å²) < 4.78 is 0. The molecule has 2 N–H and O–H groups in total. The summed E-state index contributed by atoms with van der Waals surface area (Å²) in [5.41, 5.74) is 2.84. The zero-order valence-corrected chi connectivity index (χ0v) is 16.8. The summed E-state index contributed by atoms with van der Waals surface area (Å²) in [6, 6.07) is 7.64. The van der Waals surface area contributed by atoms with Crippen LogP contribution in [0.5, 0.6) is 0 Å². The second-order valence-corrected chi connectivity index (χ2v) is 8.97. The van der Waals surface area contributed by atoms with Gasteiger partial charge in [-0.15, -0.1) is 11.3 Å². The number of rotatable bonds is 4. The van der Waals surface area contributed by atoms with Crippen LogP contribution in [0.25, 0.3) is 11.3 Å². The van der Waals surface area contributed by atoms with Crippen LogP contribution in [0, 0.1) is 12.8 Å². The topological polar surface area (TPSA) is 57.3 Å². The quantitative estimate of drug-likeness (QED) is 0.838. The van der Waals surface area contributed by atoms with E-state index >= 15 is 0 Å². The molecule has 1 atom stereocenters. The number of nitrogens with zero attached hydrogens (tertiary/aromatic N) is 2. The van der Waals surface area contributed by atoms with Gasteiger partial charge in [-0.1, -0.05) is 18.2 Å². The van der Waals surface area contributed by atoms with Crippen LogP contribution in [0.2, 0.25) is 0 Å². The number of aromatic nitrogens is 1. The average Bonchev–Trinajstić information content (AvgIpc) is 3.22. The Hall–Kier alpha value is -1.92. The molecule has 6 heteroatoms. The number of carbonyl (C=O) groups is 1. The first-order valence-electron chi connectivity index (χ1n) is 9.14. The van der Waals surface area contributed by atoms with E-state index in [1.807, 2.05) is 36.6 Å². The van der Waals surface area contributed by atoms with Crippen LogP contribution in [0.15, 0.2) is 29.6 Å². The highest BCUT2D eigenvalue weighted by atomic mass is 32.1. The van der Waals surface area contributed by atoms with E-state index in [0.717, 1.165) is 41.5 Å².